The van der Waals surface area contributed by atoms with Crippen LogP contribution in [0.15, 0.2) is 30.3 Å². The van der Waals surface area contributed by atoms with Crippen molar-refractivity contribution in [3.8, 4) is 5.75 Å². The van der Waals surface area contributed by atoms with Crippen molar-refractivity contribution in [1.29, 1.82) is 0 Å². The highest BCUT2D eigenvalue weighted by atomic mass is 35.5. The minimum absolute atomic E-state index is 0.110. The topological polar surface area (TPSA) is 116 Å². The average molecular weight is 549 g/mol. The van der Waals surface area contributed by atoms with Gasteiger partial charge in [0.1, 0.15) is 11.8 Å². The van der Waals surface area contributed by atoms with E-state index in [4.69, 9.17) is 16.3 Å². The third kappa shape index (κ3) is 3.65. The molecular formula is C28H25ClN4O6. The summed E-state index contributed by atoms with van der Waals surface area (Å²) in [4.78, 5) is 67.8. The minimum atomic E-state index is -0.721. The number of nitrogens with one attached hydrogen (secondary N) is 1. The number of piperidine rings is 1. The number of amides is 5. The Morgan fingerprint density at radius 2 is 1.87 bits per heavy atom. The lowest BCUT2D eigenvalue weighted by atomic mass is 9.97. The smallest absolute Gasteiger partial charge is 0.410 e. The molecule has 0 bridgehead atoms. The van der Waals surface area contributed by atoms with Gasteiger partial charge >= 0.3 is 6.09 Å². The number of anilines is 2. The van der Waals surface area contributed by atoms with Crippen LogP contribution in [0.3, 0.4) is 0 Å². The molecule has 0 radical (unpaired) electrons. The zero-order chi connectivity index (χ0) is 27.2. The fraction of sp³-hybridized carbons (Fsp3) is 0.393. The first-order chi connectivity index (χ1) is 18.7. The first-order valence-electron chi connectivity index (χ1n) is 13.1. The number of benzene rings is 2. The lowest BCUT2D eigenvalue weighted by Gasteiger charge is -2.29. The van der Waals surface area contributed by atoms with Gasteiger partial charge in [-0.15, -0.1) is 0 Å². The zero-order valence-electron chi connectivity index (χ0n) is 21.2. The second-order valence-electron chi connectivity index (χ2n) is 11.0. The Labute approximate surface area is 228 Å². The van der Waals surface area contributed by atoms with E-state index in [0.717, 1.165) is 36.9 Å². The lowest BCUT2D eigenvalue weighted by Crippen LogP contribution is -2.52. The predicted molar refractivity (Wildman–Crippen MR) is 140 cm³/mol. The fourth-order valence-electron chi connectivity index (χ4n) is 6.00. The van der Waals surface area contributed by atoms with Crippen molar-refractivity contribution in [2.24, 2.45) is 0 Å². The number of carbonyl (C=O) groups excluding carboxylic acids is 5. The van der Waals surface area contributed by atoms with Crippen LogP contribution >= 0.6 is 11.6 Å². The number of rotatable bonds is 4. The van der Waals surface area contributed by atoms with Gasteiger partial charge in [0.05, 0.1) is 16.1 Å². The number of halogens is 1. The van der Waals surface area contributed by atoms with Gasteiger partial charge < -0.3 is 14.5 Å². The molecule has 3 fully saturated rings. The van der Waals surface area contributed by atoms with E-state index in [1.807, 2.05) is 11.0 Å². The van der Waals surface area contributed by atoms with Gasteiger partial charge in [0.2, 0.25) is 17.7 Å². The van der Waals surface area contributed by atoms with Crippen molar-refractivity contribution < 1.29 is 28.7 Å². The van der Waals surface area contributed by atoms with Crippen LogP contribution in [0.4, 0.5) is 16.2 Å². The molecule has 2 aromatic carbocycles. The van der Waals surface area contributed by atoms with Crippen LogP contribution in [0.1, 0.15) is 60.0 Å². The molecule has 0 aromatic heterocycles. The van der Waals surface area contributed by atoms with Crippen LogP contribution < -0.4 is 19.9 Å². The van der Waals surface area contributed by atoms with E-state index in [1.165, 1.54) is 15.9 Å². The molecule has 1 atom stereocenters. The number of hydrogen-bond donors (Lipinski definition) is 1. The van der Waals surface area contributed by atoms with Gasteiger partial charge in [-0.25, -0.2) is 4.79 Å². The van der Waals surface area contributed by atoms with Gasteiger partial charge in [-0.2, -0.15) is 0 Å². The number of fused-ring (bicyclic) bond motifs is 3. The summed E-state index contributed by atoms with van der Waals surface area (Å²) >= 11 is 6.68. The standard InChI is InChI=1S/C28H25ClN4O6/c1-31(16-10-19-23(20(29)11-16)33(15-3-4-15)26(37)28(19)8-9-28)27(38)39-17-5-2-14-13-32(25(36)18(14)12-17)21-6-7-22(34)30-24(21)35/h2,5,10-12,15,21H,3-4,6-9,13H2,1H3,(H,30,34,35). The first-order valence-corrected chi connectivity index (χ1v) is 13.5. The average Bonchev–Trinajstić information content (AvgIpc) is 3.83. The number of ether oxygens (including phenoxy) is 1. The summed E-state index contributed by atoms with van der Waals surface area (Å²) in [5.41, 5.74) is 2.69. The monoisotopic (exact) mass is 548 g/mol. The van der Waals surface area contributed by atoms with Crippen molar-refractivity contribution in [3.05, 3.63) is 52.0 Å². The molecule has 1 saturated heterocycles. The van der Waals surface area contributed by atoms with E-state index in [1.54, 1.807) is 25.2 Å². The Bertz CT molecular complexity index is 1510. The van der Waals surface area contributed by atoms with E-state index < -0.39 is 23.5 Å². The molecule has 1 N–H and O–H groups in total. The second kappa shape index (κ2) is 8.29. The largest absolute Gasteiger partial charge is 0.419 e. The molecule has 7 rings (SSSR count). The van der Waals surface area contributed by atoms with Crippen molar-refractivity contribution in [2.75, 3.05) is 16.8 Å². The molecule has 2 aliphatic carbocycles. The van der Waals surface area contributed by atoms with Crippen molar-refractivity contribution in [2.45, 2.75) is 62.6 Å². The molecule has 1 spiro atoms. The zero-order valence-corrected chi connectivity index (χ0v) is 21.9. The van der Waals surface area contributed by atoms with Crippen molar-refractivity contribution >= 4 is 52.7 Å². The Hall–Kier alpha value is -3.92. The van der Waals surface area contributed by atoms with E-state index >= 15 is 0 Å². The van der Waals surface area contributed by atoms with Crippen LogP contribution in [0.2, 0.25) is 5.02 Å². The molecular weight excluding hydrogens is 524 g/mol. The molecule has 3 aliphatic heterocycles. The SMILES string of the molecule is CN(C(=O)Oc1ccc2c(c1)C(=O)N(C1CCC(=O)NC1=O)C2)c1cc(Cl)c2c(c1)C1(CC1)C(=O)N2C1CC1. The highest BCUT2D eigenvalue weighted by molar-refractivity contribution is 6.35. The molecule has 11 heteroatoms. The maximum Gasteiger partial charge on any atom is 0.419 e. The summed E-state index contributed by atoms with van der Waals surface area (Å²) in [5, 5.41) is 2.72. The molecule has 1 unspecified atom stereocenters. The maximum absolute atomic E-state index is 13.2. The summed E-state index contributed by atoms with van der Waals surface area (Å²) in [6.07, 6.45) is 3.26. The summed E-state index contributed by atoms with van der Waals surface area (Å²) in [6, 6.07) is 7.82. The fourth-order valence-corrected chi connectivity index (χ4v) is 6.30. The van der Waals surface area contributed by atoms with Gasteiger partial charge in [-0.3, -0.25) is 29.4 Å². The summed E-state index contributed by atoms with van der Waals surface area (Å²) < 4.78 is 5.61. The Morgan fingerprint density at radius 3 is 2.56 bits per heavy atom. The van der Waals surface area contributed by atoms with Crippen LogP contribution in [-0.4, -0.2) is 53.8 Å². The van der Waals surface area contributed by atoms with Crippen LogP contribution in [0.5, 0.6) is 5.75 Å². The van der Waals surface area contributed by atoms with Crippen LogP contribution in [-0.2, 0) is 26.3 Å². The molecule has 200 valence electrons. The Balaban J connectivity index is 1.10. The number of carbonyl (C=O) groups is 5. The Morgan fingerprint density at radius 1 is 1.10 bits per heavy atom. The van der Waals surface area contributed by atoms with Crippen molar-refractivity contribution in [1.82, 2.24) is 10.2 Å². The first kappa shape index (κ1) is 24.1. The maximum atomic E-state index is 13.2. The van der Waals surface area contributed by atoms with E-state index in [9.17, 15) is 24.0 Å². The minimum Gasteiger partial charge on any atom is -0.410 e. The molecule has 5 aliphatic rings. The lowest BCUT2D eigenvalue weighted by molar-refractivity contribution is -0.137. The van der Waals surface area contributed by atoms with E-state index in [-0.39, 0.29) is 48.9 Å². The highest BCUT2D eigenvalue weighted by Crippen LogP contribution is 2.61. The molecule has 10 nitrogen and oxygen atoms in total. The number of imide groups is 1. The summed E-state index contributed by atoms with van der Waals surface area (Å²) in [7, 11) is 1.57. The third-order valence-electron chi connectivity index (χ3n) is 8.46. The summed E-state index contributed by atoms with van der Waals surface area (Å²) in [6.45, 7) is 0.237. The van der Waals surface area contributed by atoms with Crippen LogP contribution in [0, 0.1) is 0 Å². The van der Waals surface area contributed by atoms with Crippen molar-refractivity contribution in [3.63, 3.8) is 0 Å². The molecule has 2 aromatic rings. The molecule has 2 saturated carbocycles. The van der Waals surface area contributed by atoms with Crippen LogP contribution in [0.25, 0.3) is 0 Å². The van der Waals surface area contributed by atoms with Gasteiger partial charge in [0.25, 0.3) is 5.91 Å². The molecule has 39 heavy (non-hydrogen) atoms. The predicted octanol–water partition coefficient (Wildman–Crippen LogP) is 3.28. The van der Waals surface area contributed by atoms with Gasteiger partial charge in [-0.05, 0) is 67.5 Å². The Kier molecular flexibility index (Phi) is 5.13. The van der Waals surface area contributed by atoms with Gasteiger partial charge in [-0.1, -0.05) is 17.7 Å². The summed E-state index contributed by atoms with van der Waals surface area (Å²) in [5.74, 6) is -0.884. The molecule has 3 heterocycles. The van der Waals surface area contributed by atoms with Gasteiger partial charge in [0.15, 0.2) is 0 Å². The quantitative estimate of drug-likeness (QED) is 0.586. The normalized spacial score (nSPS) is 22.7. The third-order valence-corrected chi connectivity index (χ3v) is 8.75. The number of hydrogen-bond acceptors (Lipinski definition) is 6. The molecule has 5 amide bonds. The van der Waals surface area contributed by atoms with Gasteiger partial charge in [0, 0.05) is 37.3 Å². The number of nitrogens with zero attached hydrogens (tertiary/aromatic N) is 3. The van der Waals surface area contributed by atoms with E-state index in [2.05, 4.69) is 5.32 Å². The van der Waals surface area contributed by atoms with E-state index in [0.29, 0.717) is 21.8 Å². The second-order valence-corrected chi connectivity index (χ2v) is 11.4. The highest BCUT2D eigenvalue weighted by Gasteiger charge is 2.62.